The van der Waals surface area contributed by atoms with Gasteiger partial charge in [-0.25, -0.2) is 8.42 Å². The van der Waals surface area contributed by atoms with E-state index in [0.29, 0.717) is 35.1 Å². The quantitative estimate of drug-likeness (QED) is 0.567. The van der Waals surface area contributed by atoms with Crippen molar-refractivity contribution in [3.63, 3.8) is 0 Å². The number of rotatable bonds is 6. The third-order valence-electron chi connectivity index (χ3n) is 5.20. The molecule has 1 saturated heterocycles. The van der Waals surface area contributed by atoms with Gasteiger partial charge in [-0.05, 0) is 62.4 Å². The number of hydrogen-bond donors (Lipinski definition) is 1. The van der Waals surface area contributed by atoms with E-state index in [1.54, 1.807) is 36.5 Å². The molecule has 0 radical (unpaired) electrons. The molecule has 174 valence electrons. The molecule has 33 heavy (non-hydrogen) atoms. The molecule has 0 aliphatic carbocycles. The van der Waals surface area contributed by atoms with Gasteiger partial charge in [0.1, 0.15) is 11.3 Å². The molecule has 0 unspecified atom stereocenters. The summed E-state index contributed by atoms with van der Waals surface area (Å²) in [6, 6.07) is 13.0. The Morgan fingerprint density at radius 3 is 2.55 bits per heavy atom. The highest BCUT2D eigenvalue weighted by Crippen LogP contribution is 2.29. The van der Waals surface area contributed by atoms with Crippen molar-refractivity contribution in [2.45, 2.75) is 31.0 Å². The van der Waals surface area contributed by atoms with Crippen LogP contribution in [0.2, 0.25) is 5.02 Å². The number of benzene rings is 2. The number of fused-ring (bicyclic) bond motifs is 1. The van der Waals surface area contributed by atoms with Crippen molar-refractivity contribution < 1.29 is 22.7 Å². The number of morpholine rings is 1. The zero-order chi connectivity index (χ0) is 23.6. The molecule has 2 atom stereocenters. The Kier molecular flexibility index (Phi) is 6.85. The molecule has 10 heteroatoms. The van der Waals surface area contributed by atoms with E-state index in [-0.39, 0.29) is 29.6 Å². The summed E-state index contributed by atoms with van der Waals surface area (Å²) in [7, 11) is -3.65. The highest BCUT2D eigenvalue weighted by molar-refractivity contribution is 7.89. The Morgan fingerprint density at radius 1 is 1.15 bits per heavy atom. The number of pyridine rings is 1. The topological polar surface area (TPSA) is 97.8 Å². The van der Waals surface area contributed by atoms with Gasteiger partial charge in [0, 0.05) is 30.4 Å². The molecular formula is C23H24ClN3O5S. The van der Waals surface area contributed by atoms with Gasteiger partial charge in [-0.3, -0.25) is 9.78 Å². The molecule has 1 aliphatic heterocycles. The van der Waals surface area contributed by atoms with Crippen LogP contribution in [0.15, 0.2) is 59.6 Å². The van der Waals surface area contributed by atoms with Crippen molar-refractivity contribution in [1.29, 1.82) is 0 Å². The number of halogens is 1. The summed E-state index contributed by atoms with van der Waals surface area (Å²) in [6.45, 7) is 4.06. The number of aromatic nitrogens is 1. The summed E-state index contributed by atoms with van der Waals surface area (Å²) in [5.41, 5.74) is 1.03. The van der Waals surface area contributed by atoms with Gasteiger partial charge in [0.25, 0.3) is 5.91 Å². The van der Waals surface area contributed by atoms with Gasteiger partial charge in [0.15, 0.2) is 6.61 Å². The second-order valence-corrected chi connectivity index (χ2v) is 10.2. The minimum Gasteiger partial charge on any atom is -0.481 e. The average molecular weight is 490 g/mol. The molecule has 0 spiro atoms. The number of sulfonamides is 1. The summed E-state index contributed by atoms with van der Waals surface area (Å²) < 4.78 is 38.6. The van der Waals surface area contributed by atoms with Crippen molar-refractivity contribution in [1.82, 2.24) is 9.29 Å². The Balaban J connectivity index is 1.39. The molecule has 8 nitrogen and oxygen atoms in total. The van der Waals surface area contributed by atoms with Gasteiger partial charge in [-0.2, -0.15) is 4.31 Å². The fourth-order valence-electron chi connectivity index (χ4n) is 3.76. The molecule has 1 aromatic heterocycles. The zero-order valence-electron chi connectivity index (χ0n) is 18.2. The van der Waals surface area contributed by atoms with Crippen LogP contribution in [0.4, 0.5) is 5.69 Å². The summed E-state index contributed by atoms with van der Waals surface area (Å²) in [5.74, 6) is 0.0565. The summed E-state index contributed by atoms with van der Waals surface area (Å²) in [6.07, 6.45) is 1.28. The van der Waals surface area contributed by atoms with Crippen LogP contribution in [0.25, 0.3) is 10.9 Å². The lowest BCUT2D eigenvalue weighted by molar-refractivity contribution is -0.118. The predicted molar refractivity (Wildman–Crippen MR) is 126 cm³/mol. The Bertz CT molecular complexity index is 1260. The number of ether oxygens (including phenoxy) is 2. The number of hydrogen-bond acceptors (Lipinski definition) is 6. The standard InChI is InChI=1S/C23H24ClN3O5S/c1-15-12-27(13-16(2)32-15)33(29,30)18-7-5-17(6-8-18)26-22(28)14-31-21-10-9-20(24)19-4-3-11-25-23(19)21/h3-11,15-16H,12-14H2,1-2H3,(H,26,28)/t15-,16+. The minimum absolute atomic E-state index is 0.164. The molecule has 0 saturated carbocycles. The van der Waals surface area contributed by atoms with Crippen LogP contribution in [-0.2, 0) is 19.6 Å². The number of nitrogens with one attached hydrogen (secondary N) is 1. The number of amides is 1. The fourth-order valence-corrected chi connectivity index (χ4v) is 5.56. The molecule has 1 aliphatic rings. The number of anilines is 1. The van der Waals surface area contributed by atoms with Crippen LogP contribution in [0.3, 0.4) is 0 Å². The minimum atomic E-state index is -3.65. The first-order chi connectivity index (χ1) is 15.7. The van der Waals surface area contributed by atoms with E-state index in [0.717, 1.165) is 5.39 Å². The molecule has 1 amide bonds. The van der Waals surface area contributed by atoms with E-state index in [9.17, 15) is 13.2 Å². The van der Waals surface area contributed by atoms with Gasteiger partial charge < -0.3 is 14.8 Å². The van der Waals surface area contributed by atoms with E-state index in [2.05, 4.69) is 10.3 Å². The Labute approximate surface area is 197 Å². The third-order valence-corrected chi connectivity index (χ3v) is 7.38. The molecule has 1 fully saturated rings. The fraction of sp³-hybridized carbons (Fsp3) is 0.304. The van der Waals surface area contributed by atoms with Crippen LogP contribution in [0.5, 0.6) is 5.75 Å². The lowest BCUT2D eigenvalue weighted by atomic mass is 10.2. The highest BCUT2D eigenvalue weighted by atomic mass is 35.5. The SMILES string of the molecule is C[C@@H]1CN(S(=O)(=O)c2ccc(NC(=O)COc3ccc(Cl)c4cccnc34)cc2)C[C@H](C)O1. The lowest BCUT2D eigenvalue weighted by Gasteiger charge is -2.34. The summed E-state index contributed by atoms with van der Waals surface area (Å²) in [5, 5.41) is 3.99. The van der Waals surface area contributed by atoms with Crippen LogP contribution in [0.1, 0.15) is 13.8 Å². The normalized spacial score (nSPS) is 19.4. The average Bonchev–Trinajstić information content (AvgIpc) is 2.78. The molecule has 2 heterocycles. The van der Waals surface area contributed by atoms with Crippen LogP contribution in [0, 0.1) is 0 Å². The molecular weight excluding hydrogens is 466 g/mol. The van der Waals surface area contributed by atoms with E-state index < -0.39 is 10.0 Å². The van der Waals surface area contributed by atoms with E-state index in [4.69, 9.17) is 21.1 Å². The van der Waals surface area contributed by atoms with Crippen molar-refractivity contribution in [3.8, 4) is 5.75 Å². The molecule has 3 aromatic rings. The smallest absolute Gasteiger partial charge is 0.262 e. The van der Waals surface area contributed by atoms with Crippen molar-refractivity contribution >= 4 is 44.1 Å². The van der Waals surface area contributed by atoms with E-state index >= 15 is 0 Å². The lowest BCUT2D eigenvalue weighted by Crippen LogP contribution is -2.48. The van der Waals surface area contributed by atoms with E-state index in [1.165, 1.54) is 16.4 Å². The maximum absolute atomic E-state index is 12.9. The second-order valence-electron chi connectivity index (χ2n) is 7.89. The zero-order valence-corrected chi connectivity index (χ0v) is 19.8. The highest BCUT2D eigenvalue weighted by Gasteiger charge is 2.32. The Hall–Kier alpha value is -2.72. The Morgan fingerprint density at radius 2 is 1.85 bits per heavy atom. The van der Waals surface area contributed by atoms with Crippen molar-refractivity contribution in [3.05, 3.63) is 59.8 Å². The molecule has 4 rings (SSSR count). The largest absolute Gasteiger partial charge is 0.481 e. The van der Waals surface area contributed by atoms with Gasteiger partial charge in [-0.1, -0.05) is 11.6 Å². The first-order valence-corrected chi connectivity index (χ1v) is 12.3. The molecule has 1 N–H and O–H groups in total. The van der Waals surface area contributed by atoms with Crippen LogP contribution >= 0.6 is 11.6 Å². The number of carbonyl (C=O) groups excluding carboxylic acids is 1. The monoisotopic (exact) mass is 489 g/mol. The van der Waals surface area contributed by atoms with Gasteiger partial charge in [-0.15, -0.1) is 0 Å². The molecule has 0 bridgehead atoms. The van der Waals surface area contributed by atoms with Crippen molar-refractivity contribution in [2.24, 2.45) is 0 Å². The van der Waals surface area contributed by atoms with Gasteiger partial charge >= 0.3 is 0 Å². The maximum atomic E-state index is 12.9. The summed E-state index contributed by atoms with van der Waals surface area (Å²) >= 11 is 6.18. The van der Waals surface area contributed by atoms with E-state index in [1.807, 2.05) is 19.9 Å². The molecule has 2 aromatic carbocycles. The first-order valence-electron chi connectivity index (χ1n) is 10.5. The predicted octanol–water partition coefficient (Wildman–Crippen LogP) is 3.70. The number of carbonyl (C=O) groups is 1. The van der Waals surface area contributed by atoms with Gasteiger partial charge in [0.05, 0.1) is 22.1 Å². The van der Waals surface area contributed by atoms with Crippen molar-refractivity contribution in [2.75, 3.05) is 25.0 Å². The van der Waals surface area contributed by atoms with Crippen LogP contribution in [-0.4, -0.2) is 55.5 Å². The number of nitrogens with zero attached hydrogens (tertiary/aromatic N) is 2. The third kappa shape index (κ3) is 5.27. The van der Waals surface area contributed by atoms with Crippen LogP contribution < -0.4 is 10.1 Å². The maximum Gasteiger partial charge on any atom is 0.262 e. The first kappa shape index (κ1) is 23.4. The summed E-state index contributed by atoms with van der Waals surface area (Å²) in [4.78, 5) is 16.8. The van der Waals surface area contributed by atoms with Gasteiger partial charge in [0.2, 0.25) is 10.0 Å². The second kappa shape index (κ2) is 9.64.